The van der Waals surface area contributed by atoms with Crippen molar-refractivity contribution >= 4 is 27.6 Å². The number of nitrogens with zero attached hydrogens (tertiary/aromatic N) is 1. The van der Waals surface area contributed by atoms with E-state index in [4.69, 9.17) is 9.47 Å². The number of aryl methyl sites for hydroxylation is 1. The Morgan fingerprint density at radius 2 is 1.95 bits per heavy atom. The molecule has 0 unspecified atom stereocenters. The molecule has 2 rings (SSSR count). The van der Waals surface area contributed by atoms with Crippen molar-refractivity contribution in [2.45, 2.75) is 6.92 Å². The molecule has 6 nitrogen and oxygen atoms in total. The zero-order valence-corrected chi connectivity index (χ0v) is 13.2. The number of nitro benzene ring substituents is 1. The normalized spacial score (nSPS) is 10.1. The van der Waals surface area contributed by atoms with Gasteiger partial charge in [-0.15, -0.1) is 0 Å². The second-order valence-corrected chi connectivity index (χ2v) is 5.31. The van der Waals surface area contributed by atoms with Crippen LogP contribution in [0.4, 0.5) is 5.69 Å². The summed E-state index contributed by atoms with van der Waals surface area (Å²) in [5.41, 5.74) is 0.587. The first-order chi connectivity index (χ1) is 10.5. The fourth-order valence-corrected chi connectivity index (χ4v) is 2.23. The molecule has 0 saturated heterocycles. The summed E-state index contributed by atoms with van der Waals surface area (Å²) in [7, 11) is 0. The van der Waals surface area contributed by atoms with Crippen LogP contribution in [-0.2, 0) is 4.79 Å². The first kappa shape index (κ1) is 16.0. The maximum absolute atomic E-state index is 11.8. The fourth-order valence-electron chi connectivity index (χ4n) is 1.76. The van der Waals surface area contributed by atoms with Gasteiger partial charge in [0.15, 0.2) is 6.61 Å². The first-order valence-electron chi connectivity index (χ1n) is 6.30. The summed E-state index contributed by atoms with van der Waals surface area (Å²) >= 11 is 3.33. The van der Waals surface area contributed by atoms with Crippen LogP contribution in [0.1, 0.15) is 5.56 Å². The lowest BCUT2D eigenvalue weighted by molar-refractivity contribution is -0.385. The zero-order valence-electron chi connectivity index (χ0n) is 11.6. The maximum atomic E-state index is 11.8. The average Bonchev–Trinajstić information content (AvgIpc) is 2.46. The molecular weight excluding hydrogens is 354 g/mol. The number of carbonyl (C=O) groups excluding carboxylic acids is 1. The number of nitro groups is 1. The Morgan fingerprint density at radius 1 is 1.23 bits per heavy atom. The van der Waals surface area contributed by atoms with Gasteiger partial charge in [0.05, 0.1) is 4.92 Å². The van der Waals surface area contributed by atoms with E-state index in [1.54, 1.807) is 18.2 Å². The minimum atomic E-state index is -0.711. The van der Waals surface area contributed by atoms with Crippen LogP contribution >= 0.6 is 15.9 Å². The summed E-state index contributed by atoms with van der Waals surface area (Å²) in [5, 5.41) is 10.8. The third-order valence-electron chi connectivity index (χ3n) is 2.77. The van der Waals surface area contributed by atoms with Crippen LogP contribution in [0.3, 0.4) is 0 Å². The van der Waals surface area contributed by atoms with Crippen LogP contribution in [0, 0.1) is 17.0 Å². The fraction of sp³-hybridized carbons (Fsp3) is 0.133. The van der Waals surface area contributed by atoms with E-state index in [0.29, 0.717) is 5.75 Å². The predicted molar refractivity (Wildman–Crippen MR) is 83.1 cm³/mol. The molecular formula is C15H12BrNO5. The highest BCUT2D eigenvalue weighted by Crippen LogP contribution is 2.26. The van der Waals surface area contributed by atoms with Crippen molar-refractivity contribution in [3.63, 3.8) is 0 Å². The maximum Gasteiger partial charge on any atom is 0.349 e. The van der Waals surface area contributed by atoms with Gasteiger partial charge in [0.2, 0.25) is 5.75 Å². The molecule has 114 valence electrons. The number of hydrogen-bond acceptors (Lipinski definition) is 5. The Balaban J connectivity index is 2.00. The zero-order chi connectivity index (χ0) is 16.1. The second-order valence-electron chi connectivity index (χ2n) is 4.40. The monoisotopic (exact) mass is 365 g/mol. The summed E-state index contributed by atoms with van der Waals surface area (Å²) in [4.78, 5) is 22.0. The Hall–Kier alpha value is -2.41. The molecule has 0 heterocycles. The van der Waals surface area contributed by atoms with Crippen molar-refractivity contribution in [1.82, 2.24) is 0 Å². The van der Waals surface area contributed by atoms with Crippen molar-refractivity contribution in [2.24, 2.45) is 0 Å². The van der Waals surface area contributed by atoms with Gasteiger partial charge in [-0.25, -0.2) is 4.79 Å². The average molecular weight is 366 g/mol. The lowest BCUT2D eigenvalue weighted by Gasteiger charge is -2.09. The highest BCUT2D eigenvalue weighted by Gasteiger charge is 2.17. The molecule has 0 aliphatic carbocycles. The molecule has 0 spiro atoms. The topological polar surface area (TPSA) is 78.7 Å². The molecule has 7 heteroatoms. The number of carbonyl (C=O) groups is 1. The number of halogens is 1. The smallest absolute Gasteiger partial charge is 0.349 e. The Bertz CT molecular complexity index is 717. The molecule has 0 saturated carbocycles. The van der Waals surface area contributed by atoms with Gasteiger partial charge in [0.25, 0.3) is 0 Å². The SMILES string of the molecule is Cc1cc(Br)ccc1OCC(=O)Oc1ccccc1[N+](=O)[O-]. The highest BCUT2D eigenvalue weighted by molar-refractivity contribution is 9.10. The molecule has 0 N–H and O–H groups in total. The number of benzene rings is 2. The second kappa shape index (κ2) is 7.04. The molecule has 2 aromatic rings. The van der Waals surface area contributed by atoms with Crippen LogP contribution in [0.25, 0.3) is 0 Å². The van der Waals surface area contributed by atoms with Crippen LogP contribution in [0.2, 0.25) is 0 Å². The van der Waals surface area contributed by atoms with E-state index in [1.807, 2.05) is 13.0 Å². The Morgan fingerprint density at radius 3 is 2.64 bits per heavy atom. The number of para-hydroxylation sites is 2. The first-order valence-corrected chi connectivity index (χ1v) is 7.09. The summed E-state index contributed by atoms with van der Waals surface area (Å²) in [5.74, 6) is -0.270. The molecule has 0 aromatic heterocycles. The quantitative estimate of drug-likeness (QED) is 0.349. The van der Waals surface area contributed by atoms with E-state index in [2.05, 4.69) is 15.9 Å². The molecule has 0 fully saturated rings. The van der Waals surface area contributed by atoms with Gasteiger partial charge in [-0.05, 0) is 36.8 Å². The molecule has 0 amide bonds. The predicted octanol–water partition coefficient (Wildman–Crippen LogP) is 3.65. The van der Waals surface area contributed by atoms with Crippen molar-refractivity contribution < 1.29 is 19.2 Å². The van der Waals surface area contributed by atoms with Gasteiger partial charge in [0, 0.05) is 10.5 Å². The molecule has 0 bridgehead atoms. The van der Waals surface area contributed by atoms with Gasteiger partial charge in [-0.3, -0.25) is 10.1 Å². The van der Waals surface area contributed by atoms with E-state index in [1.165, 1.54) is 18.2 Å². The largest absolute Gasteiger partial charge is 0.482 e. The Labute approximate surface area is 134 Å². The van der Waals surface area contributed by atoms with Crippen molar-refractivity contribution in [3.8, 4) is 11.5 Å². The highest BCUT2D eigenvalue weighted by atomic mass is 79.9. The molecule has 0 atom stereocenters. The summed E-state index contributed by atoms with van der Waals surface area (Å²) in [6.07, 6.45) is 0. The van der Waals surface area contributed by atoms with Crippen molar-refractivity contribution in [3.05, 3.63) is 62.6 Å². The molecule has 0 radical (unpaired) electrons. The molecule has 0 aliphatic rings. The molecule has 22 heavy (non-hydrogen) atoms. The lowest BCUT2D eigenvalue weighted by atomic mass is 10.2. The van der Waals surface area contributed by atoms with Crippen molar-refractivity contribution in [1.29, 1.82) is 0 Å². The number of ether oxygens (including phenoxy) is 2. The van der Waals surface area contributed by atoms with Gasteiger partial charge < -0.3 is 9.47 Å². The third-order valence-corrected chi connectivity index (χ3v) is 3.26. The van der Waals surface area contributed by atoms with E-state index < -0.39 is 10.9 Å². The summed E-state index contributed by atoms with van der Waals surface area (Å²) < 4.78 is 11.2. The van der Waals surface area contributed by atoms with Crippen LogP contribution in [0.15, 0.2) is 46.9 Å². The van der Waals surface area contributed by atoms with E-state index in [-0.39, 0.29) is 18.0 Å². The minimum absolute atomic E-state index is 0.103. The van der Waals surface area contributed by atoms with Gasteiger partial charge in [-0.2, -0.15) is 0 Å². The van der Waals surface area contributed by atoms with E-state index >= 15 is 0 Å². The summed E-state index contributed by atoms with van der Waals surface area (Å²) in [6.45, 7) is 1.50. The number of rotatable bonds is 5. The van der Waals surface area contributed by atoms with Crippen molar-refractivity contribution in [2.75, 3.05) is 6.61 Å². The van der Waals surface area contributed by atoms with Crippen LogP contribution in [-0.4, -0.2) is 17.5 Å². The Kier molecular flexibility index (Phi) is 5.11. The lowest BCUT2D eigenvalue weighted by Crippen LogP contribution is -2.18. The minimum Gasteiger partial charge on any atom is -0.482 e. The molecule has 2 aromatic carbocycles. The van der Waals surface area contributed by atoms with Crippen LogP contribution < -0.4 is 9.47 Å². The third kappa shape index (κ3) is 4.05. The van der Waals surface area contributed by atoms with Crippen LogP contribution in [0.5, 0.6) is 11.5 Å². The van der Waals surface area contributed by atoms with Gasteiger partial charge in [-0.1, -0.05) is 28.1 Å². The number of esters is 1. The number of hydrogen-bond donors (Lipinski definition) is 0. The van der Waals surface area contributed by atoms with Gasteiger partial charge >= 0.3 is 11.7 Å². The van der Waals surface area contributed by atoms with E-state index in [0.717, 1.165) is 10.0 Å². The standard InChI is InChI=1S/C15H12BrNO5/c1-10-8-11(16)6-7-13(10)21-9-15(18)22-14-5-3-2-4-12(14)17(19)20/h2-8H,9H2,1H3. The summed E-state index contributed by atoms with van der Waals surface area (Å²) in [6, 6.07) is 11.0. The molecule has 0 aliphatic heterocycles. The van der Waals surface area contributed by atoms with Gasteiger partial charge in [0.1, 0.15) is 5.75 Å². The van der Waals surface area contributed by atoms with E-state index in [9.17, 15) is 14.9 Å².